The molecular weight excluding hydrogens is 216 g/mol. The zero-order valence-electron chi connectivity index (χ0n) is 9.32. The highest BCUT2D eigenvalue weighted by Gasteiger charge is 2.26. The van der Waals surface area contributed by atoms with E-state index in [-0.39, 0.29) is 11.4 Å². The fraction of sp³-hybridized carbons (Fsp3) is 1.00. The molecule has 2 atom stereocenters. The zero-order valence-corrected chi connectivity index (χ0v) is 10.1. The van der Waals surface area contributed by atoms with E-state index in [4.69, 9.17) is 4.74 Å². The highest BCUT2D eigenvalue weighted by Crippen LogP contribution is 2.10. The first-order valence-corrected chi connectivity index (χ1v) is 6.83. The first-order valence-electron chi connectivity index (χ1n) is 5.28. The van der Waals surface area contributed by atoms with Gasteiger partial charge in [0, 0.05) is 20.2 Å². The molecule has 1 heterocycles. The fourth-order valence-corrected chi connectivity index (χ4v) is 3.04. The van der Waals surface area contributed by atoms with E-state index in [9.17, 15) is 8.42 Å². The van der Waals surface area contributed by atoms with Crippen LogP contribution in [0.1, 0.15) is 19.8 Å². The Kier molecular flexibility index (Phi) is 4.98. The number of sulfonamides is 1. The third kappa shape index (κ3) is 4.06. The molecule has 0 aliphatic carbocycles. The van der Waals surface area contributed by atoms with Crippen molar-refractivity contribution in [2.45, 2.75) is 31.1 Å². The molecule has 1 aliphatic heterocycles. The zero-order chi connectivity index (χ0) is 11.3. The van der Waals surface area contributed by atoms with Crippen LogP contribution < -0.4 is 10.0 Å². The Morgan fingerprint density at radius 3 is 2.87 bits per heavy atom. The average molecular weight is 236 g/mol. The Morgan fingerprint density at radius 2 is 2.33 bits per heavy atom. The molecule has 0 aromatic heterocycles. The monoisotopic (exact) mass is 236 g/mol. The van der Waals surface area contributed by atoms with E-state index >= 15 is 0 Å². The third-order valence-electron chi connectivity index (χ3n) is 2.66. The first-order chi connectivity index (χ1) is 7.06. The molecular formula is C9H20N2O3S. The molecule has 0 bridgehead atoms. The van der Waals surface area contributed by atoms with Gasteiger partial charge in [-0.25, -0.2) is 13.1 Å². The van der Waals surface area contributed by atoms with Gasteiger partial charge in [0.05, 0.1) is 11.4 Å². The van der Waals surface area contributed by atoms with E-state index in [0.717, 1.165) is 19.4 Å². The van der Waals surface area contributed by atoms with Crippen LogP contribution in [0.2, 0.25) is 0 Å². The molecule has 2 N–H and O–H groups in total. The van der Waals surface area contributed by atoms with Crippen LogP contribution in [0.5, 0.6) is 0 Å². The molecule has 6 heteroatoms. The standard InChI is InChI=1S/C9H20N2O3S/c1-8(14-2)6-11-15(12,13)9-4-3-5-10-7-9/h8-11H,3-7H2,1-2H3. The van der Waals surface area contributed by atoms with E-state index in [2.05, 4.69) is 10.0 Å². The SMILES string of the molecule is COC(C)CNS(=O)(=O)C1CCCNC1. The highest BCUT2D eigenvalue weighted by molar-refractivity contribution is 7.90. The minimum absolute atomic E-state index is 0.0867. The van der Waals surface area contributed by atoms with Gasteiger partial charge >= 0.3 is 0 Å². The van der Waals surface area contributed by atoms with E-state index < -0.39 is 10.0 Å². The van der Waals surface area contributed by atoms with Gasteiger partial charge in [-0.1, -0.05) is 0 Å². The number of methoxy groups -OCH3 is 1. The van der Waals surface area contributed by atoms with E-state index in [1.807, 2.05) is 6.92 Å². The molecule has 0 spiro atoms. The van der Waals surface area contributed by atoms with Crippen LogP contribution in [0.4, 0.5) is 0 Å². The van der Waals surface area contributed by atoms with Gasteiger partial charge in [-0.15, -0.1) is 0 Å². The normalized spacial score (nSPS) is 25.1. The number of hydrogen-bond acceptors (Lipinski definition) is 4. The smallest absolute Gasteiger partial charge is 0.215 e. The molecule has 90 valence electrons. The van der Waals surface area contributed by atoms with E-state index in [1.165, 1.54) is 0 Å². The molecule has 0 amide bonds. The summed E-state index contributed by atoms with van der Waals surface area (Å²) in [6, 6.07) is 0. The van der Waals surface area contributed by atoms with Crippen LogP contribution in [0.3, 0.4) is 0 Å². The Balaban J connectivity index is 2.43. The maximum atomic E-state index is 11.8. The summed E-state index contributed by atoms with van der Waals surface area (Å²) in [7, 11) is -1.61. The lowest BCUT2D eigenvalue weighted by atomic mass is 10.2. The summed E-state index contributed by atoms with van der Waals surface area (Å²) in [6.45, 7) is 3.65. The van der Waals surface area contributed by atoms with E-state index in [1.54, 1.807) is 7.11 Å². The van der Waals surface area contributed by atoms with Crippen molar-refractivity contribution in [1.82, 2.24) is 10.0 Å². The topological polar surface area (TPSA) is 67.4 Å². The number of ether oxygens (including phenoxy) is 1. The summed E-state index contributed by atoms with van der Waals surface area (Å²) in [6.07, 6.45) is 1.58. The van der Waals surface area contributed by atoms with Gasteiger partial charge < -0.3 is 10.1 Å². The number of piperidine rings is 1. The molecule has 2 unspecified atom stereocenters. The van der Waals surface area contributed by atoms with Crippen molar-refractivity contribution >= 4 is 10.0 Å². The second-order valence-electron chi connectivity index (χ2n) is 3.91. The van der Waals surface area contributed by atoms with Crippen LogP contribution in [0.25, 0.3) is 0 Å². The molecule has 5 nitrogen and oxygen atoms in total. The van der Waals surface area contributed by atoms with Crippen molar-refractivity contribution in [2.24, 2.45) is 0 Å². The molecule has 0 saturated carbocycles. The van der Waals surface area contributed by atoms with Crippen LogP contribution in [0.15, 0.2) is 0 Å². The Hall–Kier alpha value is -0.170. The van der Waals surface area contributed by atoms with Crippen LogP contribution in [0, 0.1) is 0 Å². The summed E-state index contributed by atoms with van der Waals surface area (Å²) in [4.78, 5) is 0. The molecule has 1 saturated heterocycles. The highest BCUT2D eigenvalue weighted by atomic mass is 32.2. The van der Waals surface area contributed by atoms with Gasteiger partial charge in [0.2, 0.25) is 10.0 Å². The van der Waals surface area contributed by atoms with Crippen LogP contribution in [-0.4, -0.2) is 46.5 Å². The second kappa shape index (κ2) is 5.79. The predicted molar refractivity (Wildman–Crippen MR) is 59.3 cm³/mol. The number of hydrogen-bond donors (Lipinski definition) is 2. The fourth-order valence-electron chi connectivity index (χ4n) is 1.52. The Morgan fingerprint density at radius 1 is 1.60 bits per heavy atom. The lowest BCUT2D eigenvalue weighted by Crippen LogP contribution is -2.45. The summed E-state index contributed by atoms with van der Waals surface area (Å²) in [5.74, 6) is 0. The maximum absolute atomic E-state index is 11.8. The van der Waals surface area contributed by atoms with Gasteiger partial charge in [-0.05, 0) is 26.3 Å². The quantitative estimate of drug-likeness (QED) is 0.687. The van der Waals surface area contributed by atoms with Crippen molar-refractivity contribution in [1.29, 1.82) is 0 Å². The number of rotatable bonds is 5. The number of nitrogens with one attached hydrogen (secondary N) is 2. The molecule has 1 aliphatic rings. The van der Waals surface area contributed by atoms with Crippen molar-refractivity contribution < 1.29 is 13.2 Å². The predicted octanol–water partition coefficient (Wildman–Crippen LogP) is -0.307. The van der Waals surface area contributed by atoms with Crippen molar-refractivity contribution in [2.75, 3.05) is 26.7 Å². The third-order valence-corrected chi connectivity index (χ3v) is 4.51. The lowest BCUT2D eigenvalue weighted by molar-refractivity contribution is 0.122. The largest absolute Gasteiger partial charge is 0.380 e. The van der Waals surface area contributed by atoms with Gasteiger partial charge in [0.1, 0.15) is 0 Å². The van der Waals surface area contributed by atoms with Crippen molar-refractivity contribution in [3.63, 3.8) is 0 Å². The molecule has 0 aromatic rings. The molecule has 1 rings (SSSR count). The van der Waals surface area contributed by atoms with E-state index in [0.29, 0.717) is 13.1 Å². The minimum Gasteiger partial charge on any atom is -0.380 e. The van der Waals surface area contributed by atoms with Gasteiger partial charge in [-0.2, -0.15) is 0 Å². The molecule has 0 radical (unpaired) electrons. The molecule has 15 heavy (non-hydrogen) atoms. The minimum atomic E-state index is -3.18. The summed E-state index contributed by atoms with van der Waals surface area (Å²) < 4.78 is 31.2. The van der Waals surface area contributed by atoms with Crippen LogP contribution in [-0.2, 0) is 14.8 Å². The Bertz CT molecular complexity index is 273. The average Bonchev–Trinajstić information content (AvgIpc) is 2.27. The van der Waals surface area contributed by atoms with Gasteiger partial charge in [0.15, 0.2) is 0 Å². The molecule has 0 aromatic carbocycles. The second-order valence-corrected chi connectivity index (χ2v) is 5.95. The Labute approximate surface area is 91.6 Å². The van der Waals surface area contributed by atoms with Gasteiger partial charge in [-0.3, -0.25) is 0 Å². The molecule has 1 fully saturated rings. The lowest BCUT2D eigenvalue weighted by Gasteiger charge is -2.23. The van der Waals surface area contributed by atoms with Gasteiger partial charge in [0.25, 0.3) is 0 Å². The van der Waals surface area contributed by atoms with Crippen molar-refractivity contribution in [3.05, 3.63) is 0 Å². The van der Waals surface area contributed by atoms with Crippen LogP contribution >= 0.6 is 0 Å². The summed E-state index contributed by atoms with van der Waals surface area (Å²) >= 11 is 0. The first kappa shape index (κ1) is 12.9. The van der Waals surface area contributed by atoms with Crippen molar-refractivity contribution in [3.8, 4) is 0 Å². The summed E-state index contributed by atoms with van der Waals surface area (Å²) in [5, 5.41) is 2.80. The maximum Gasteiger partial charge on any atom is 0.215 e. The summed E-state index contributed by atoms with van der Waals surface area (Å²) in [5.41, 5.74) is 0.